The van der Waals surface area contributed by atoms with Gasteiger partial charge in [0, 0.05) is 38.0 Å². The maximum absolute atomic E-state index is 12.3. The third-order valence-electron chi connectivity index (χ3n) is 5.23. The molecule has 0 spiro atoms. The Labute approximate surface area is 176 Å². The van der Waals surface area contributed by atoms with Crippen LogP contribution in [0.2, 0.25) is 0 Å². The summed E-state index contributed by atoms with van der Waals surface area (Å²) < 4.78 is 2.31. The standard InChI is InChI=1S/C21H29N5O2S/c1-15(27)23-14-16-9-11-17(12-10-16)20(28)22-13-5-8-19-24-25-21(29-2)26(19)18-6-3-4-7-18/h9-12,18H,3-8,13-14H2,1-2H3,(H,22,28)(H,23,27). The van der Waals surface area contributed by atoms with E-state index in [2.05, 4.69) is 25.4 Å². The van der Waals surface area contributed by atoms with Gasteiger partial charge in [0.05, 0.1) is 0 Å². The zero-order valence-electron chi connectivity index (χ0n) is 17.1. The smallest absolute Gasteiger partial charge is 0.251 e. The summed E-state index contributed by atoms with van der Waals surface area (Å²) in [6.45, 7) is 2.55. The van der Waals surface area contributed by atoms with Gasteiger partial charge >= 0.3 is 0 Å². The molecule has 1 aromatic heterocycles. The second-order valence-electron chi connectivity index (χ2n) is 7.38. The molecule has 156 valence electrons. The van der Waals surface area contributed by atoms with Crippen molar-refractivity contribution in [2.75, 3.05) is 12.8 Å². The molecule has 0 radical (unpaired) electrons. The molecule has 3 rings (SSSR count). The van der Waals surface area contributed by atoms with Gasteiger partial charge in [-0.05, 0) is 43.2 Å². The average Bonchev–Trinajstić information content (AvgIpc) is 3.39. The molecule has 1 aliphatic rings. The summed E-state index contributed by atoms with van der Waals surface area (Å²) in [5.74, 6) is 0.871. The Morgan fingerprint density at radius 1 is 1.14 bits per heavy atom. The zero-order chi connectivity index (χ0) is 20.6. The molecule has 2 aromatic rings. The van der Waals surface area contributed by atoms with E-state index in [0.717, 1.165) is 29.4 Å². The monoisotopic (exact) mass is 415 g/mol. The maximum Gasteiger partial charge on any atom is 0.251 e. The molecule has 1 heterocycles. The number of aryl methyl sites for hydroxylation is 1. The lowest BCUT2D eigenvalue weighted by atomic mass is 10.1. The number of carbonyl (C=O) groups excluding carboxylic acids is 2. The molecular formula is C21H29N5O2S. The first-order valence-electron chi connectivity index (χ1n) is 10.2. The topological polar surface area (TPSA) is 88.9 Å². The lowest BCUT2D eigenvalue weighted by Crippen LogP contribution is -2.25. The van der Waals surface area contributed by atoms with Gasteiger partial charge in [-0.15, -0.1) is 10.2 Å². The Bertz CT molecular complexity index is 828. The normalized spacial score (nSPS) is 14.1. The van der Waals surface area contributed by atoms with Gasteiger partial charge in [0.2, 0.25) is 5.91 Å². The van der Waals surface area contributed by atoms with Crippen molar-refractivity contribution in [3.05, 3.63) is 41.2 Å². The van der Waals surface area contributed by atoms with Crippen LogP contribution in [0.5, 0.6) is 0 Å². The number of nitrogens with zero attached hydrogens (tertiary/aromatic N) is 3. The Morgan fingerprint density at radius 3 is 2.52 bits per heavy atom. The molecule has 0 atom stereocenters. The lowest BCUT2D eigenvalue weighted by molar-refractivity contribution is -0.119. The van der Waals surface area contributed by atoms with Crippen molar-refractivity contribution >= 4 is 23.6 Å². The first kappa shape index (κ1) is 21.4. The van der Waals surface area contributed by atoms with Crippen LogP contribution >= 0.6 is 11.8 Å². The third-order valence-corrected chi connectivity index (χ3v) is 5.87. The number of aromatic nitrogens is 3. The molecule has 1 saturated carbocycles. The van der Waals surface area contributed by atoms with E-state index in [1.807, 2.05) is 18.4 Å². The van der Waals surface area contributed by atoms with Gasteiger partial charge in [-0.3, -0.25) is 9.59 Å². The fourth-order valence-electron chi connectivity index (χ4n) is 3.70. The second-order valence-corrected chi connectivity index (χ2v) is 8.15. The van der Waals surface area contributed by atoms with Crippen LogP contribution in [0.25, 0.3) is 0 Å². The molecular weight excluding hydrogens is 386 g/mol. The second kappa shape index (κ2) is 10.4. The van der Waals surface area contributed by atoms with Gasteiger partial charge in [0.25, 0.3) is 5.91 Å². The molecule has 0 saturated heterocycles. The number of hydrogen-bond acceptors (Lipinski definition) is 5. The minimum absolute atomic E-state index is 0.0692. The Morgan fingerprint density at radius 2 is 1.86 bits per heavy atom. The van der Waals surface area contributed by atoms with Crippen LogP contribution < -0.4 is 10.6 Å². The number of amides is 2. The van der Waals surface area contributed by atoms with Crippen molar-refractivity contribution < 1.29 is 9.59 Å². The van der Waals surface area contributed by atoms with E-state index < -0.39 is 0 Å². The van der Waals surface area contributed by atoms with Crippen LogP contribution in [0.4, 0.5) is 0 Å². The number of carbonyl (C=O) groups is 2. The molecule has 7 nitrogen and oxygen atoms in total. The van der Waals surface area contributed by atoms with Crippen LogP contribution in [-0.2, 0) is 17.8 Å². The predicted molar refractivity (Wildman–Crippen MR) is 114 cm³/mol. The van der Waals surface area contributed by atoms with Crippen LogP contribution in [0.3, 0.4) is 0 Å². The Kier molecular flexibility index (Phi) is 7.69. The number of thioether (sulfide) groups is 1. The maximum atomic E-state index is 12.3. The number of hydrogen-bond donors (Lipinski definition) is 2. The van der Waals surface area contributed by atoms with Crippen molar-refractivity contribution in [1.82, 2.24) is 25.4 Å². The molecule has 1 aliphatic carbocycles. The number of benzene rings is 1. The minimum Gasteiger partial charge on any atom is -0.352 e. The van der Waals surface area contributed by atoms with Crippen LogP contribution in [-0.4, -0.2) is 39.4 Å². The largest absolute Gasteiger partial charge is 0.352 e. The highest BCUT2D eigenvalue weighted by molar-refractivity contribution is 7.98. The van der Waals surface area contributed by atoms with Gasteiger partial charge in [0.15, 0.2) is 5.16 Å². The van der Waals surface area contributed by atoms with E-state index in [4.69, 9.17) is 0 Å². The van der Waals surface area contributed by atoms with Crippen molar-refractivity contribution in [3.63, 3.8) is 0 Å². The summed E-state index contributed by atoms with van der Waals surface area (Å²) in [6, 6.07) is 7.81. The zero-order valence-corrected chi connectivity index (χ0v) is 17.9. The molecule has 1 fully saturated rings. The summed E-state index contributed by atoms with van der Waals surface area (Å²) in [6.07, 6.45) is 8.62. The molecule has 0 bridgehead atoms. The molecule has 2 N–H and O–H groups in total. The van der Waals surface area contributed by atoms with E-state index in [9.17, 15) is 9.59 Å². The summed E-state index contributed by atoms with van der Waals surface area (Å²) in [7, 11) is 0. The number of nitrogens with one attached hydrogen (secondary N) is 2. The van der Waals surface area contributed by atoms with Crippen LogP contribution in [0.1, 0.15) is 66.8 Å². The summed E-state index contributed by atoms with van der Waals surface area (Å²) in [5.41, 5.74) is 1.59. The first-order valence-corrected chi connectivity index (χ1v) is 11.4. The van der Waals surface area contributed by atoms with E-state index in [0.29, 0.717) is 24.7 Å². The van der Waals surface area contributed by atoms with E-state index in [1.165, 1.54) is 32.6 Å². The van der Waals surface area contributed by atoms with Crippen molar-refractivity contribution in [2.45, 2.75) is 63.2 Å². The van der Waals surface area contributed by atoms with Gasteiger partial charge in [0.1, 0.15) is 5.82 Å². The lowest BCUT2D eigenvalue weighted by Gasteiger charge is -2.16. The Hall–Kier alpha value is -2.35. The quantitative estimate of drug-likeness (QED) is 0.485. The number of rotatable bonds is 9. The molecule has 2 amide bonds. The fourth-order valence-corrected chi connectivity index (χ4v) is 4.27. The molecule has 0 aliphatic heterocycles. The highest BCUT2D eigenvalue weighted by Gasteiger charge is 2.23. The van der Waals surface area contributed by atoms with E-state index >= 15 is 0 Å². The Balaban J connectivity index is 1.47. The minimum atomic E-state index is -0.0851. The fraction of sp³-hybridized carbons (Fsp3) is 0.524. The highest BCUT2D eigenvalue weighted by atomic mass is 32.2. The van der Waals surface area contributed by atoms with Gasteiger partial charge in [-0.2, -0.15) is 0 Å². The molecule has 29 heavy (non-hydrogen) atoms. The van der Waals surface area contributed by atoms with Gasteiger partial charge < -0.3 is 15.2 Å². The third kappa shape index (κ3) is 5.82. The molecule has 0 unspecified atom stereocenters. The van der Waals surface area contributed by atoms with E-state index in [1.54, 1.807) is 23.9 Å². The molecule has 1 aromatic carbocycles. The first-order chi connectivity index (χ1) is 14.1. The van der Waals surface area contributed by atoms with Crippen LogP contribution in [0, 0.1) is 0 Å². The van der Waals surface area contributed by atoms with E-state index in [-0.39, 0.29) is 11.8 Å². The van der Waals surface area contributed by atoms with Crippen molar-refractivity contribution in [2.24, 2.45) is 0 Å². The predicted octanol–water partition coefficient (Wildman–Crippen LogP) is 3.11. The highest BCUT2D eigenvalue weighted by Crippen LogP contribution is 2.33. The van der Waals surface area contributed by atoms with Crippen molar-refractivity contribution in [3.8, 4) is 0 Å². The summed E-state index contributed by atoms with van der Waals surface area (Å²) in [4.78, 5) is 23.3. The van der Waals surface area contributed by atoms with Gasteiger partial charge in [-0.1, -0.05) is 36.7 Å². The SMILES string of the molecule is CSc1nnc(CCCNC(=O)c2ccc(CNC(C)=O)cc2)n1C1CCCC1. The van der Waals surface area contributed by atoms with Gasteiger partial charge in [-0.25, -0.2) is 0 Å². The molecule has 8 heteroatoms. The average molecular weight is 416 g/mol. The van der Waals surface area contributed by atoms with Crippen molar-refractivity contribution in [1.29, 1.82) is 0 Å². The van der Waals surface area contributed by atoms with Crippen LogP contribution in [0.15, 0.2) is 29.4 Å². The summed E-state index contributed by atoms with van der Waals surface area (Å²) >= 11 is 1.65. The summed E-state index contributed by atoms with van der Waals surface area (Å²) in [5, 5.41) is 15.5.